The lowest BCUT2D eigenvalue weighted by Gasteiger charge is -2.10. The van der Waals surface area contributed by atoms with Gasteiger partial charge < -0.3 is 0 Å². The molecule has 0 atom stereocenters. The summed E-state index contributed by atoms with van der Waals surface area (Å²) in [5.74, 6) is 0.0995. The Balaban J connectivity index is 1.97. The molecule has 1 amide bonds. The van der Waals surface area contributed by atoms with Crippen LogP contribution in [-0.4, -0.2) is 11.6 Å². The SMILES string of the molecule is CCCCCCCCCCCC(=O)NN=C1CCCCCCC1. The van der Waals surface area contributed by atoms with Crippen molar-refractivity contribution in [1.82, 2.24) is 5.43 Å². The first kappa shape index (κ1) is 20.2. The van der Waals surface area contributed by atoms with E-state index in [1.807, 2.05) is 0 Å². The highest BCUT2D eigenvalue weighted by atomic mass is 16.2. The van der Waals surface area contributed by atoms with Gasteiger partial charge in [-0.3, -0.25) is 4.79 Å². The Morgan fingerprint density at radius 2 is 1.35 bits per heavy atom. The monoisotopic (exact) mass is 322 g/mol. The second-order valence-electron chi connectivity index (χ2n) is 7.06. The van der Waals surface area contributed by atoms with Gasteiger partial charge in [0.05, 0.1) is 0 Å². The van der Waals surface area contributed by atoms with E-state index in [9.17, 15) is 4.79 Å². The van der Waals surface area contributed by atoms with Gasteiger partial charge in [0.15, 0.2) is 0 Å². The third-order valence-corrected chi connectivity index (χ3v) is 4.78. The minimum Gasteiger partial charge on any atom is -0.273 e. The summed E-state index contributed by atoms with van der Waals surface area (Å²) in [5, 5.41) is 4.36. The second-order valence-corrected chi connectivity index (χ2v) is 7.06. The average molecular weight is 323 g/mol. The Hall–Kier alpha value is -0.860. The maximum absolute atomic E-state index is 11.8. The van der Waals surface area contributed by atoms with Gasteiger partial charge in [-0.1, -0.05) is 77.6 Å². The summed E-state index contributed by atoms with van der Waals surface area (Å²) in [4.78, 5) is 11.8. The van der Waals surface area contributed by atoms with Crippen molar-refractivity contribution in [3.63, 3.8) is 0 Å². The Kier molecular flexibility index (Phi) is 12.9. The molecule has 1 aliphatic carbocycles. The molecular formula is C20H38N2O. The molecule has 0 saturated heterocycles. The highest BCUT2D eigenvalue weighted by molar-refractivity contribution is 5.86. The number of carbonyl (C=O) groups excluding carboxylic acids is 1. The number of nitrogens with one attached hydrogen (secondary N) is 1. The highest BCUT2D eigenvalue weighted by Gasteiger charge is 2.06. The third-order valence-electron chi connectivity index (χ3n) is 4.78. The predicted molar refractivity (Wildman–Crippen MR) is 99.7 cm³/mol. The molecule has 134 valence electrons. The van der Waals surface area contributed by atoms with Crippen LogP contribution in [0.3, 0.4) is 0 Å². The molecule has 23 heavy (non-hydrogen) atoms. The minimum absolute atomic E-state index is 0.0995. The van der Waals surface area contributed by atoms with Crippen molar-refractivity contribution in [2.24, 2.45) is 5.10 Å². The Morgan fingerprint density at radius 3 is 1.96 bits per heavy atom. The normalized spacial score (nSPS) is 15.8. The van der Waals surface area contributed by atoms with Gasteiger partial charge in [-0.05, 0) is 32.1 Å². The number of hydrogen-bond acceptors (Lipinski definition) is 2. The highest BCUT2D eigenvalue weighted by Crippen LogP contribution is 2.15. The molecule has 0 aromatic heterocycles. The summed E-state index contributed by atoms with van der Waals surface area (Å²) >= 11 is 0. The first-order valence-electron chi connectivity index (χ1n) is 10.2. The van der Waals surface area contributed by atoms with Gasteiger partial charge in [-0.25, -0.2) is 5.43 Å². The largest absolute Gasteiger partial charge is 0.273 e. The van der Waals surface area contributed by atoms with Crippen LogP contribution >= 0.6 is 0 Å². The summed E-state index contributed by atoms with van der Waals surface area (Å²) in [6.07, 6.45) is 20.8. The molecular weight excluding hydrogens is 284 g/mol. The Labute approximate surface area is 143 Å². The minimum atomic E-state index is 0.0995. The molecule has 0 spiro atoms. The van der Waals surface area contributed by atoms with Gasteiger partial charge in [0.1, 0.15) is 0 Å². The molecule has 0 heterocycles. The van der Waals surface area contributed by atoms with Crippen LogP contribution in [0.2, 0.25) is 0 Å². The van der Waals surface area contributed by atoms with Gasteiger partial charge >= 0.3 is 0 Å². The molecule has 0 bridgehead atoms. The van der Waals surface area contributed by atoms with E-state index in [0.29, 0.717) is 6.42 Å². The van der Waals surface area contributed by atoms with E-state index in [2.05, 4.69) is 17.5 Å². The first-order valence-corrected chi connectivity index (χ1v) is 10.2. The van der Waals surface area contributed by atoms with Gasteiger partial charge in [0.2, 0.25) is 5.91 Å². The lowest BCUT2D eigenvalue weighted by Crippen LogP contribution is -2.19. The average Bonchev–Trinajstić information content (AvgIpc) is 2.52. The topological polar surface area (TPSA) is 41.5 Å². The van der Waals surface area contributed by atoms with Crippen molar-refractivity contribution in [3.05, 3.63) is 0 Å². The number of unbranched alkanes of at least 4 members (excludes halogenated alkanes) is 8. The van der Waals surface area contributed by atoms with Gasteiger partial charge in [-0.2, -0.15) is 5.10 Å². The number of amides is 1. The fourth-order valence-corrected chi connectivity index (χ4v) is 3.22. The van der Waals surface area contributed by atoms with Crippen LogP contribution in [0.25, 0.3) is 0 Å². The van der Waals surface area contributed by atoms with E-state index in [1.54, 1.807) is 0 Å². The van der Waals surface area contributed by atoms with Crippen molar-refractivity contribution >= 4 is 11.6 Å². The van der Waals surface area contributed by atoms with Crippen molar-refractivity contribution in [2.45, 2.75) is 116 Å². The molecule has 0 aromatic carbocycles. The van der Waals surface area contributed by atoms with Crippen molar-refractivity contribution in [2.75, 3.05) is 0 Å². The molecule has 1 fully saturated rings. The zero-order valence-corrected chi connectivity index (χ0v) is 15.4. The van der Waals surface area contributed by atoms with Gasteiger partial charge in [0.25, 0.3) is 0 Å². The van der Waals surface area contributed by atoms with Crippen molar-refractivity contribution in [3.8, 4) is 0 Å². The van der Waals surface area contributed by atoms with Crippen LogP contribution < -0.4 is 5.43 Å². The molecule has 0 aromatic rings. The van der Waals surface area contributed by atoms with E-state index in [0.717, 1.165) is 19.3 Å². The van der Waals surface area contributed by atoms with Crippen LogP contribution in [0.15, 0.2) is 5.10 Å². The van der Waals surface area contributed by atoms with Gasteiger partial charge in [-0.15, -0.1) is 0 Å². The molecule has 0 radical (unpaired) electrons. The number of hydrazone groups is 1. The Morgan fingerprint density at radius 1 is 0.826 bits per heavy atom. The van der Waals surface area contributed by atoms with Crippen LogP contribution in [0.4, 0.5) is 0 Å². The van der Waals surface area contributed by atoms with E-state index < -0.39 is 0 Å². The second kappa shape index (κ2) is 14.7. The molecule has 1 N–H and O–H groups in total. The van der Waals surface area contributed by atoms with Crippen molar-refractivity contribution in [1.29, 1.82) is 0 Å². The maximum Gasteiger partial charge on any atom is 0.240 e. The first-order chi connectivity index (χ1) is 11.3. The quantitative estimate of drug-likeness (QED) is 0.361. The summed E-state index contributed by atoms with van der Waals surface area (Å²) in [7, 11) is 0. The van der Waals surface area contributed by atoms with Crippen LogP contribution in [0.5, 0.6) is 0 Å². The zero-order chi connectivity index (χ0) is 16.6. The molecule has 3 heteroatoms. The fourth-order valence-electron chi connectivity index (χ4n) is 3.22. The van der Waals surface area contributed by atoms with E-state index in [1.165, 1.54) is 89.2 Å². The summed E-state index contributed by atoms with van der Waals surface area (Å²) < 4.78 is 0. The van der Waals surface area contributed by atoms with Crippen LogP contribution in [0.1, 0.15) is 116 Å². The lowest BCUT2D eigenvalue weighted by atomic mass is 9.99. The summed E-state index contributed by atoms with van der Waals surface area (Å²) in [5.41, 5.74) is 3.97. The van der Waals surface area contributed by atoms with E-state index >= 15 is 0 Å². The van der Waals surface area contributed by atoms with Gasteiger partial charge in [0, 0.05) is 12.1 Å². The Bertz CT molecular complexity index is 316. The number of rotatable bonds is 11. The summed E-state index contributed by atoms with van der Waals surface area (Å²) in [6.45, 7) is 2.26. The van der Waals surface area contributed by atoms with Crippen LogP contribution in [0, 0.1) is 0 Å². The standard InChI is InChI=1S/C20H38N2O/c1-2-3-4-5-6-7-8-12-15-18-20(23)22-21-19-16-13-10-9-11-14-17-19/h2-18H2,1H3,(H,22,23). The fraction of sp³-hybridized carbons (Fsp3) is 0.900. The van der Waals surface area contributed by atoms with Crippen molar-refractivity contribution < 1.29 is 4.79 Å². The molecule has 3 nitrogen and oxygen atoms in total. The smallest absolute Gasteiger partial charge is 0.240 e. The zero-order valence-electron chi connectivity index (χ0n) is 15.4. The number of nitrogens with zero attached hydrogens (tertiary/aromatic N) is 1. The third kappa shape index (κ3) is 12.3. The molecule has 0 unspecified atom stereocenters. The number of hydrogen-bond donors (Lipinski definition) is 1. The summed E-state index contributed by atoms with van der Waals surface area (Å²) in [6, 6.07) is 0. The lowest BCUT2D eigenvalue weighted by molar-refractivity contribution is -0.121. The van der Waals surface area contributed by atoms with Crippen LogP contribution in [-0.2, 0) is 4.79 Å². The molecule has 0 aliphatic heterocycles. The van der Waals surface area contributed by atoms with E-state index in [-0.39, 0.29) is 5.91 Å². The molecule has 1 saturated carbocycles. The molecule has 1 aliphatic rings. The maximum atomic E-state index is 11.8. The molecule has 1 rings (SSSR count). The predicted octanol–water partition coefficient (Wildman–Crippen LogP) is 6.12. The number of carbonyl (C=O) groups is 1. The van der Waals surface area contributed by atoms with E-state index in [4.69, 9.17) is 0 Å².